The molecule has 0 bridgehead atoms. The van der Waals surface area contributed by atoms with Gasteiger partial charge in [0.05, 0.1) is 6.10 Å². The molecule has 0 radical (unpaired) electrons. The monoisotopic (exact) mass is 199 g/mol. The van der Waals surface area contributed by atoms with Gasteiger partial charge in [-0.1, -0.05) is 20.8 Å². The normalized spacial score (nSPS) is 27.7. The molecule has 1 N–H and O–H groups in total. The van der Waals surface area contributed by atoms with Gasteiger partial charge in [0.2, 0.25) is 5.91 Å². The highest BCUT2D eigenvalue weighted by Crippen LogP contribution is 2.23. The van der Waals surface area contributed by atoms with E-state index in [2.05, 4.69) is 5.32 Å². The third kappa shape index (κ3) is 2.98. The highest BCUT2D eigenvalue weighted by molar-refractivity contribution is 5.81. The van der Waals surface area contributed by atoms with Gasteiger partial charge in [0.1, 0.15) is 0 Å². The number of hydrogen-bond acceptors (Lipinski definition) is 2. The van der Waals surface area contributed by atoms with E-state index in [1.54, 1.807) is 7.11 Å². The van der Waals surface area contributed by atoms with Gasteiger partial charge in [0.25, 0.3) is 0 Å². The summed E-state index contributed by atoms with van der Waals surface area (Å²) >= 11 is 0. The molecule has 0 aliphatic heterocycles. The Kier molecular flexibility index (Phi) is 3.53. The molecule has 1 saturated carbocycles. The number of hydrogen-bond donors (Lipinski definition) is 1. The number of methoxy groups -OCH3 is 1. The van der Waals surface area contributed by atoms with E-state index in [1.807, 2.05) is 20.8 Å². The second kappa shape index (κ2) is 4.30. The second-order valence-electron chi connectivity index (χ2n) is 5.09. The minimum Gasteiger partial charge on any atom is -0.381 e. The highest BCUT2D eigenvalue weighted by atomic mass is 16.5. The molecule has 0 heterocycles. The molecule has 1 aliphatic rings. The van der Waals surface area contributed by atoms with E-state index in [4.69, 9.17) is 4.74 Å². The third-order valence-electron chi connectivity index (χ3n) is 2.73. The molecule has 0 aromatic carbocycles. The maximum absolute atomic E-state index is 11.7. The van der Waals surface area contributed by atoms with E-state index >= 15 is 0 Å². The highest BCUT2D eigenvalue weighted by Gasteiger charge is 2.29. The molecule has 1 fully saturated rings. The van der Waals surface area contributed by atoms with Crippen LogP contribution in [-0.2, 0) is 9.53 Å². The molecule has 1 amide bonds. The van der Waals surface area contributed by atoms with Crippen molar-refractivity contribution >= 4 is 5.91 Å². The van der Waals surface area contributed by atoms with Crippen LogP contribution in [0, 0.1) is 5.41 Å². The molecule has 0 spiro atoms. The summed E-state index contributed by atoms with van der Waals surface area (Å²) in [6.07, 6.45) is 3.39. The van der Waals surface area contributed by atoms with Crippen LogP contribution in [0.25, 0.3) is 0 Å². The average molecular weight is 199 g/mol. The lowest BCUT2D eigenvalue weighted by Crippen LogP contribution is -2.40. The summed E-state index contributed by atoms with van der Waals surface area (Å²) in [7, 11) is 1.73. The van der Waals surface area contributed by atoms with Gasteiger partial charge < -0.3 is 10.1 Å². The fourth-order valence-corrected chi connectivity index (χ4v) is 1.69. The number of rotatable bonds is 2. The van der Waals surface area contributed by atoms with Crippen molar-refractivity contribution in [1.82, 2.24) is 5.32 Å². The van der Waals surface area contributed by atoms with Gasteiger partial charge >= 0.3 is 0 Å². The molecule has 3 heteroatoms. The lowest BCUT2D eigenvalue weighted by atomic mass is 9.95. The fourth-order valence-electron chi connectivity index (χ4n) is 1.69. The van der Waals surface area contributed by atoms with Crippen LogP contribution in [-0.4, -0.2) is 25.2 Å². The Morgan fingerprint density at radius 1 is 1.36 bits per heavy atom. The van der Waals surface area contributed by atoms with Crippen LogP contribution < -0.4 is 5.32 Å². The second-order valence-corrected chi connectivity index (χ2v) is 5.09. The summed E-state index contributed by atoms with van der Waals surface area (Å²) in [5, 5.41) is 3.06. The third-order valence-corrected chi connectivity index (χ3v) is 2.73. The van der Waals surface area contributed by atoms with Gasteiger partial charge in [-0.15, -0.1) is 0 Å². The zero-order valence-electron chi connectivity index (χ0n) is 9.59. The molecule has 14 heavy (non-hydrogen) atoms. The first-order valence-electron chi connectivity index (χ1n) is 5.27. The first kappa shape index (κ1) is 11.5. The molecule has 1 rings (SSSR count). The van der Waals surface area contributed by atoms with E-state index in [1.165, 1.54) is 0 Å². The lowest BCUT2D eigenvalue weighted by Gasteiger charge is -2.21. The van der Waals surface area contributed by atoms with Crippen molar-refractivity contribution in [2.75, 3.05) is 7.11 Å². The number of carbonyl (C=O) groups is 1. The quantitative estimate of drug-likeness (QED) is 0.735. The fraction of sp³-hybridized carbons (Fsp3) is 0.909. The summed E-state index contributed by atoms with van der Waals surface area (Å²) in [5.74, 6) is 0.138. The van der Waals surface area contributed by atoms with Crippen LogP contribution in [0.3, 0.4) is 0 Å². The van der Waals surface area contributed by atoms with Crippen LogP contribution in [0.2, 0.25) is 0 Å². The maximum Gasteiger partial charge on any atom is 0.225 e. The Morgan fingerprint density at radius 3 is 2.43 bits per heavy atom. The SMILES string of the molecule is COC1CCC(NC(=O)C(C)(C)C)C1. The number of nitrogens with one attached hydrogen (secondary N) is 1. The average Bonchev–Trinajstić information content (AvgIpc) is 2.50. The first-order valence-corrected chi connectivity index (χ1v) is 5.27. The van der Waals surface area contributed by atoms with Gasteiger partial charge in [-0.05, 0) is 19.3 Å². The predicted octanol–water partition coefficient (Wildman–Crippen LogP) is 1.72. The van der Waals surface area contributed by atoms with E-state index in [0.717, 1.165) is 19.3 Å². The Bertz CT molecular complexity index is 208. The molecule has 3 nitrogen and oxygen atoms in total. The van der Waals surface area contributed by atoms with Crippen LogP contribution in [0.15, 0.2) is 0 Å². The molecular weight excluding hydrogens is 178 g/mol. The van der Waals surface area contributed by atoms with Gasteiger partial charge in [-0.3, -0.25) is 4.79 Å². The van der Waals surface area contributed by atoms with Crippen molar-refractivity contribution in [2.24, 2.45) is 5.41 Å². The van der Waals surface area contributed by atoms with E-state index in [0.29, 0.717) is 12.1 Å². The van der Waals surface area contributed by atoms with Gasteiger partial charge in [-0.2, -0.15) is 0 Å². The van der Waals surface area contributed by atoms with E-state index in [-0.39, 0.29) is 11.3 Å². The van der Waals surface area contributed by atoms with Crippen molar-refractivity contribution in [1.29, 1.82) is 0 Å². The van der Waals surface area contributed by atoms with Crippen molar-refractivity contribution in [3.63, 3.8) is 0 Å². The zero-order chi connectivity index (χ0) is 10.8. The molecular formula is C11H21NO2. The van der Waals surface area contributed by atoms with Crippen molar-refractivity contribution < 1.29 is 9.53 Å². The van der Waals surface area contributed by atoms with Crippen molar-refractivity contribution in [2.45, 2.75) is 52.2 Å². The Labute approximate surface area is 86.2 Å². The van der Waals surface area contributed by atoms with Gasteiger partial charge in [0, 0.05) is 18.6 Å². The largest absolute Gasteiger partial charge is 0.381 e. The summed E-state index contributed by atoms with van der Waals surface area (Å²) in [6, 6.07) is 0.312. The summed E-state index contributed by atoms with van der Waals surface area (Å²) in [4.78, 5) is 11.7. The standard InChI is InChI=1S/C11H21NO2/c1-11(2,3)10(13)12-8-5-6-9(7-8)14-4/h8-9H,5-7H2,1-4H3,(H,12,13). The number of carbonyl (C=O) groups excluding carboxylic acids is 1. The van der Waals surface area contributed by atoms with Gasteiger partial charge in [0.15, 0.2) is 0 Å². The lowest BCUT2D eigenvalue weighted by molar-refractivity contribution is -0.129. The molecule has 2 atom stereocenters. The molecule has 0 saturated heterocycles. The molecule has 82 valence electrons. The van der Waals surface area contributed by atoms with Crippen molar-refractivity contribution in [3.8, 4) is 0 Å². The minimum absolute atomic E-state index is 0.138. The smallest absolute Gasteiger partial charge is 0.225 e. The molecule has 0 aromatic rings. The van der Waals surface area contributed by atoms with Crippen molar-refractivity contribution in [3.05, 3.63) is 0 Å². The number of amides is 1. The summed E-state index contributed by atoms with van der Waals surface area (Å²) in [5.41, 5.74) is -0.287. The van der Waals surface area contributed by atoms with E-state index < -0.39 is 0 Å². The van der Waals surface area contributed by atoms with Crippen LogP contribution in [0.5, 0.6) is 0 Å². The maximum atomic E-state index is 11.7. The number of ether oxygens (including phenoxy) is 1. The topological polar surface area (TPSA) is 38.3 Å². The van der Waals surface area contributed by atoms with E-state index in [9.17, 15) is 4.79 Å². The minimum atomic E-state index is -0.287. The molecule has 0 aromatic heterocycles. The Balaban J connectivity index is 2.36. The zero-order valence-corrected chi connectivity index (χ0v) is 9.59. The molecule has 2 unspecified atom stereocenters. The predicted molar refractivity (Wildman–Crippen MR) is 56.0 cm³/mol. The van der Waals surface area contributed by atoms with Crippen LogP contribution >= 0.6 is 0 Å². The van der Waals surface area contributed by atoms with Crippen LogP contribution in [0.4, 0.5) is 0 Å². The van der Waals surface area contributed by atoms with Crippen LogP contribution in [0.1, 0.15) is 40.0 Å². The van der Waals surface area contributed by atoms with Gasteiger partial charge in [-0.25, -0.2) is 0 Å². The Morgan fingerprint density at radius 2 is 2.00 bits per heavy atom. The first-order chi connectivity index (χ1) is 6.43. The summed E-state index contributed by atoms with van der Waals surface area (Å²) < 4.78 is 5.26. The Hall–Kier alpha value is -0.570. The summed E-state index contributed by atoms with van der Waals surface area (Å²) in [6.45, 7) is 5.81. The molecule has 1 aliphatic carbocycles.